The number of hydrogen-bond donors (Lipinski definition) is 0. The van der Waals surface area contributed by atoms with Gasteiger partial charge in [0.1, 0.15) is 6.33 Å². The Labute approximate surface area is 161 Å². The van der Waals surface area contributed by atoms with Gasteiger partial charge in [-0.3, -0.25) is 14.0 Å². The smallest absolute Gasteiger partial charge is 0.241 e. The summed E-state index contributed by atoms with van der Waals surface area (Å²) in [6, 6.07) is 21.4. The maximum absolute atomic E-state index is 13.1. The first-order chi connectivity index (χ1) is 13.7. The van der Waals surface area contributed by atoms with E-state index in [-0.39, 0.29) is 18.2 Å². The molecule has 0 saturated carbocycles. The Balaban J connectivity index is 1.47. The standard InChI is InChI=1S/C22H16N4O2/c27-20-13-18(17-10-8-16(9-11-17)15-5-2-1-3-6-15)22(28)26(20)19-7-4-12-25-14-23-24-21(19)25/h1-12,14,18H,13H2. The van der Waals surface area contributed by atoms with Crippen LogP contribution in [0.15, 0.2) is 79.3 Å². The SMILES string of the molecule is O=C1CC(c2ccc(-c3ccccc3)cc2)C(=O)N1c1cccn2cnnc12. The van der Waals surface area contributed by atoms with Crippen molar-refractivity contribution in [3.8, 4) is 11.1 Å². The Hall–Kier alpha value is -3.80. The van der Waals surface area contributed by atoms with Gasteiger partial charge in [0.05, 0.1) is 11.6 Å². The molecule has 1 aliphatic heterocycles. The lowest BCUT2D eigenvalue weighted by Gasteiger charge is -2.15. The minimum absolute atomic E-state index is 0.151. The highest BCUT2D eigenvalue weighted by molar-refractivity contribution is 6.24. The van der Waals surface area contributed by atoms with Crippen LogP contribution in [0.1, 0.15) is 17.9 Å². The van der Waals surface area contributed by atoms with E-state index in [9.17, 15) is 9.59 Å². The summed E-state index contributed by atoms with van der Waals surface area (Å²) < 4.78 is 1.69. The van der Waals surface area contributed by atoms with Crippen molar-refractivity contribution in [3.05, 3.63) is 84.8 Å². The van der Waals surface area contributed by atoms with Crippen LogP contribution in [0.5, 0.6) is 0 Å². The molecular weight excluding hydrogens is 352 g/mol. The molecule has 0 aliphatic carbocycles. The fraction of sp³-hybridized carbons (Fsp3) is 0.0909. The number of imide groups is 1. The van der Waals surface area contributed by atoms with Crippen LogP contribution in [0.2, 0.25) is 0 Å². The van der Waals surface area contributed by atoms with E-state index in [1.165, 1.54) is 4.90 Å². The zero-order chi connectivity index (χ0) is 19.1. The van der Waals surface area contributed by atoms with Crippen LogP contribution in [0.4, 0.5) is 5.69 Å². The van der Waals surface area contributed by atoms with Gasteiger partial charge in [0, 0.05) is 12.6 Å². The first kappa shape index (κ1) is 16.4. The van der Waals surface area contributed by atoms with E-state index in [0.717, 1.165) is 16.7 Å². The number of aromatic nitrogens is 3. The monoisotopic (exact) mass is 368 g/mol. The molecule has 2 amide bonds. The van der Waals surface area contributed by atoms with Crippen LogP contribution in [-0.4, -0.2) is 26.4 Å². The van der Waals surface area contributed by atoms with Gasteiger partial charge < -0.3 is 0 Å². The Kier molecular flexibility index (Phi) is 3.76. The highest BCUT2D eigenvalue weighted by Crippen LogP contribution is 2.35. The van der Waals surface area contributed by atoms with Gasteiger partial charge in [0.25, 0.3) is 0 Å². The number of carbonyl (C=O) groups is 2. The molecule has 0 radical (unpaired) electrons. The van der Waals surface area contributed by atoms with Crippen molar-refractivity contribution in [1.82, 2.24) is 14.6 Å². The molecule has 2 aromatic heterocycles. The molecule has 5 rings (SSSR count). The molecule has 1 aliphatic rings. The lowest BCUT2D eigenvalue weighted by atomic mass is 9.95. The van der Waals surface area contributed by atoms with Gasteiger partial charge >= 0.3 is 0 Å². The number of anilines is 1. The van der Waals surface area contributed by atoms with Crippen molar-refractivity contribution in [2.45, 2.75) is 12.3 Å². The second kappa shape index (κ2) is 6.42. The van der Waals surface area contributed by atoms with Gasteiger partial charge in [0.2, 0.25) is 11.8 Å². The van der Waals surface area contributed by atoms with Crippen molar-refractivity contribution in [1.29, 1.82) is 0 Å². The molecule has 1 atom stereocenters. The van der Waals surface area contributed by atoms with Crippen LogP contribution < -0.4 is 4.90 Å². The molecule has 4 aromatic rings. The van der Waals surface area contributed by atoms with E-state index in [1.807, 2.05) is 54.6 Å². The van der Waals surface area contributed by atoms with Crippen molar-refractivity contribution in [2.24, 2.45) is 0 Å². The van der Waals surface area contributed by atoms with Crippen LogP contribution in [0.3, 0.4) is 0 Å². The fourth-order valence-corrected chi connectivity index (χ4v) is 3.69. The first-order valence-electron chi connectivity index (χ1n) is 9.03. The van der Waals surface area contributed by atoms with Crippen LogP contribution in [-0.2, 0) is 9.59 Å². The summed E-state index contributed by atoms with van der Waals surface area (Å²) in [5, 5.41) is 7.90. The number of rotatable bonds is 3. The summed E-state index contributed by atoms with van der Waals surface area (Å²) in [6.45, 7) is 0. The van der Waals surface area contributed by atoms with Gasteiger partial charge in [-0.2, -0.15) is 0 Å². The number of hydrogen-bond acceptors (Lipinski definition) is 4. The largest absolute Gasteiger partial charge is 0.287 e. The zero-order valence-corrected chi connectivity index (χ0v) is 14.9. The molecule has 1 saturated heterocycles. The van der Waals surface area contributed by atoms with Crippen molar-refractivity contribution in [2.75, 3.05) is 4.90 Å². The molecule has 0 spiro atoms. The Morgan fingerprint density at radius 3 is 2.39 bits per heavy atom. The summed E-state index contributed by atoms with van der Waals surface area (Å²) >= 11 is 0. The number of carbonyl (C=O) groups excluding carboxylic acids is 2. The molecule has 2 aromatic carbocycles. The molecule has 0 N–H and O–H groups in total. The second-order valence-electron chi connectivity index (χ2n) is 6.77. The van der Waals surface area contributed by atoms with E-state index in [4.69, 9.17) is 0 Å². The number of nitrogens with zero attached hydrogens (tertiary/aromatic N) is 4. The predicted molar refractivity (Wildman–Crippen MR) is 105 cm³/mol. The Morgan fingerprint density at radius 2 is 1.61 bits per heavy atom. The van der Waals surface area contributed by atoms with Crippen LogP contribution in [0, 0.1) is 0 Å². The van der Waals surface area contributed by atoms with E-state index in [2.05, 4.69) is 10.2 Å². The minimum Gasteiger partial charge on any atom is -0.287 e. The van der Waals surface area contributed by atoms with Gasteiger partial charge in [-0.15, -0.1) is 10.2 Å². The van der Waals surface area contributed by atoms with Crippen LogP contribution in [0.25, 0.3) is 16.8 Å². The van der Waals surface area contributed by atoms with Crippen molar-refractivity contribution < 1.29 is 9.59 Å². The van der Waals surface area contributed by atoms with E-state index in [1.54, 1.807) is 29.1 Å². The fourth-order valence-electron chi connectivity index (χ4n) is 3.69. The molecular formula is C22H16N4O2. The Bertz CT molecular complexity index is 1180. The highest BCUT2D eigenvalue weighted by atomic mass is 16.2. The first-order valence-corrected chi connectivity index (χ1v) is 9.03. The molecule has 3 heterocycles. The maximum atomic E-state index is 13.1. The van der Waals surface area contributed by atoms with E-state index in [0.29, 0.717) is 11.3 Å². The number of fused-ring (bicyclic) bond motifs is 1. The topological polar surface area (TPSA) is 67.6 Å². The van der Waals surface area contributed by atoms with Gasteiger partial charge in [-0.05, 0) is 28.8 Å². The summed E-state index contributed by atoms with van der Waals surface area (Å²) in [5.74, 6) is -0.938. The molecule has 6 nitrogen and oxygen atoms in total. The minimum atomic E-state index is -0.486. The number of pyridine rings is 1. The molecule has 28 heavy (non-hydrogen) atoms. The zero-order valence-electron chi connectivity index (χ0n) is 14.9. The molecule has 1 fully saturated rings. The third-order valence-electron chi connectivity index (χ3n) is 5.11. The average molecular weight is 368 g/mol. The van der Waals surface area contributed by atoms with Crippen molar-refractivity contribution >= 4 is 23.1 Å². The summed E-state index contributed by atoms with van der Waals surface area (Å²) in [7, 11) is 0. The average Bonchev–Trinajstić information content (AvgIpc) is 3.33. The molecule has 136 valence electrons. The highest BCUT2D eigenvalue weighted by Gasteiger charge is 2.41. The van der Waals surface area contributed by atoms with Gasteiger partial charge in [-0.1, -0.05) is 54.6 Å². The quantitative estimate of drug-likeness (QED) is 0.520. The van der Waals surface area contributed by atoms with Gasteiger partial charge in [0.15, 0.2) is 5.65 Å². The van der Waals surface area contributed by atoms with Gasteiger partial charge in [-0.25, -0.2) is 4.90 Å². The molecule has 6 heteroatoms. The normalized spacial score (nSPS) is 16.9. The predicted octanol–water partition coefficient (Wildman–Crippen LogP) is 3.44. The molecule has 0 bridgehead atoms. The van der Waals surface area contributed by atoms with E-state index < -0.39 is 5.92 Å². The third kappa shape index (κ3) is 2.58. The summed E-state index contributed by atoms with van der Waals surface area (Å²) in [4.78, 5) is 27.0. The lowest BCUT2D eigenvalue weighted by Crippen LogP contribution is -2.30. The third-order valence-corrected chi connectivity index (χ3v) is 5.11. The summed E-state index contributed by atoms with van der Waals surface area (Å²) in [6.07, 6.45) is 3.48. The maximum Gasteiger partial charge on any atom is 0.241 e. The number of amides is 2. The number of benzene rings is 2. The van der Waals surface area contributed by atoms with Crippen LogP contribution >= 0.6 is 0 Å². The lowest BCUT2D eigenvalue weighted by molar-refractivity contribution is -0.121. The van der Waals surface area contributed by atoms with E-state index >= 15 is 0 Å². The molecule has 1 unspecified atom stereocenters. The summed E-state index contributed by atoms with van der Waals surface area (Å²) in [5.41, 5.74) is 3.99. The second-order valence-corrected chi connectivity index (χ2v) is 6.77. The van der Waals surface area contributed by atoms with Crippen molar-refractivity contribution in [3.63, 3.8) is 0 Å². The Morgan fingerprint density at radius 1 is 0.857 bits per heavy atom.